The van der Waals surface area contributed by atoms with E-state index in [0.29, 0.717) is 0 Å². The number of hydrogen-bond donors (Lipinski definition) is 2. The first-order chi connectivity index (χ1) is 4.46. The third kappa shape index (κ3) is 21.4. The molecule has 0 spiro atoms. The Morgan fingerprint density at radius 3 is 0.882 bits per heavy atom. The molecule has 0 aromatic rings. The van der Waals surface area contributed by atoms with Gasteiger partial charge in [0.15, 0.2) is 0 Å². The van der Waals surface area contributed by atoms with Gasteiger partial charge in [0.2, 0.25) is 0 Å². The maximum Gasteiger partial charge on any atom is 3.00 e. The van der Waals surface area contributed by atoms with Gasteiger partial charge in [-0.3, -0.25) is 0 Å². The van der Waals surface area contributed by atoms with Crippen LogP contribution >= 0.6 is 0 Å². The summed E-state index contributed by atoms with van der Waals surface area (Å²) in [6.45, 7) is 0. The molecule has 14 N–H and O–H groups in total. The smallest absolute Gasteiger partial charge is 0.547 e. The van der Waals surface area contributed by atoms with E-state index in [4.69, 9.17) is 10.2 Å². The van der Waals surface area contributed by atoms with Gasteiger partial charge in [0.1, 0.15) is 12.2 Å². The number of rotatable bonds is 3. The van der Waals surface area contributed by atoms with Crippen LogP contribution in [-0.4, -0.2) is 93.4 Å². The number of hydrogen-bond acceptors (Lipinski definition) is 6. The van der Waals surface area contributed by atoms with Crippen molar-refractivity contribution < 1.29 is 62.9 Å². The van der Waals surface area contributed by atoms with Crippen molar-refractivity contribution in [1.82, 2.24) is 0 Å². The van der Waals surface area contributed by atoms with Crippen molar-refractivity contribution in [2.75, 3.05) is 0 Å². The first kappa shape index (κ1) is 54.9. The fourth-order valence-corrected chi connectivity index (χ4v) is 0.258. The van der Waals surface area contributed by atoms with Crippen LogP contribution < -0.4 is 10.2 Å². The van der Waals surface area contributed by atoms with Gasteiger partial charge in [0, 0.05) is 0 Å². The van der Waals surface area contributed by atoms with Gasteiger partial charge in [0.25, 0.3) is 0 Å². The third-order valence-electron chi connectivity index (χ3n) is 0.782. The van der Waals surface area contributed by atoms with Gasteiger partial charge in [-0.25, -0.2) is 0 Å². The fourth-order valence-electron chi connectivity index (χ4n) is 0.258. The Balaban J connectivity index is -0.0000000193. The zero-order chi connectivity index (χ0) is 8.31. The molecule has 13 heteroatoms. The minimum atomic E-state index is -2.44. The molecule has 17 heavy (non-hydrogen) atoms. The molecule has 0 aliphatic rings. The van der Waals surface area contributed by atoms with E-state index in [2.05, 4.69) is 0 Å². The molecule has 0 saturated heterocycles. The molecule has 0 amide bonds. The van der Waals surface area contributed by atoms with Gasteiger partial charge in [-0.1, -0.05) is 0 Å². The summed E-state index contributed by atoms with van der Waals surface area (Å²) in [5.41, 5.74) is 0. The van der Waals surface area contributed by atoms with Gasteiger partial charge in [0.05, 0.1) is 11.9 Å². The SMILES string of the molecule is O.O.O.O.O.O.O=C([O-])C(O)C(O)C(=O)[O-].[Bi+3]. The van der Waals surface area contributed by atoms with E-state index in [-0.39, 0.29) is 59.1 Å². The second-order valence-electron chi connectivity index (χ2n) is 1.53. The fraction of sp³-hybridized carbons (Fsp3) is 0.500. The molecule has 0 heterocycles. The van der Waals surface area contributed by atoms with Crippen LogP contribution in [0.15, 0.2) is 0 Å². The maximum absolute atomic E-state index is 9.63. The first-order valence-electron chi connectivity index (χ1n) is 2.24. The Hall–Kier alpha value is -0.497. The van der Waals surface area contributed by atoms with Crippen LogP contribution in [0.2, 0.25) is 0 Å². The molecule has 108 valence electrons. The van der Waals surface area contributed by atoms with Crippen LogP contribution in [0.1, 0.15) is 0 Å². The van der Waals surface area contributed by atoms with E-state index >= 15 is 0 Å². The third-order valence-corrected chi connectivity index (χ3v) is 0.782. The molecular formula is C4H16BiO12+. The Kier molecular flexibility index (Phi) is 79.5. The summed E-state index contributed by atoms with van der Waals surface area (Å²) in [6, 6.07) is 0. The first-order valence-corrected chi connectivity index (χ1v) is 2.24. The van der Waals surface area contributed by atoms with Crippen LogP contribution in [0.3, 0.4) is 0 Å². The molecule has 0 aromatic heterocycles. The van der Waals surface area contributed by atoms with Gasteiger partial charge in [-0.05, 0) is 0 Å². The monoisotopic (exact) mass is 465 g/mol. The van der Waals surface area contributed by atoms with Crippen LogP contribution in [-0.2, 0) is 9.59 Å². The zero-order valence-electron chi connectivity index (χ0n) is 8.13. The summed E-state index contributed by atoms with van der Waals surface area (Å²) in [7, 11) is 0. The predicted molar refractivity (Wildman–Crippen MR) is 49.5 cm³/mol. The van der Waals surface area contributed by atoms with Crippen molar-refractivity contribution in [2.45, 2.75) is 12.2 Å². The molecule has 0 saturated carbocycles. The van der Waals surface area contributed by atoms with Crippen LogP contribution in [0.25, 0.3) is 0 Å². The summed E-state index contributed by atoms with van der Waals surface area (Å²) in [4.78, 5) is 19.3. The molecule has 12 nitrogen and oxygen atoms in total. The van der Waals surface area contributed by atoms with E-state index < -0.39 is 24.1 Å². The second-order valence-corrected chi connectivity index (χ2v) is 1.53. The van der Waals surface area contributed by atoms with Crippen molar-refractivity contribution >= 4 is 38.1 Å². The molecule has 0 rings (SSSR count). The molecule has 0 bridgehead atoms. The summed E-state index contributed by atoms with van der Waals surface area (Å²) >= 11 is 0. The number of carboxylic acids is 2. The van der Waals surface area contributed by atoms with Crippen molar-refractivity contribution in [2.24, 2.45) is 0 Å². The summed E-state index contributed by atoms with van der Waals surface area (Å²) < 4.78 is 0. The molecular weight excluding hydrogens is 449 g/mol. The van der Waals surface area contributed by atoms with E-state index in [1.807, 2.05) is 0 Å². The molecule has 0 fully saturated rings. The summed E-state index contributed by atoms with van der Waals surface area (Å²) in [6.07, 6.45) is -4.88. The van der Waals surface area contributed by atoms with Crippen molar-refractivity contribution in [1.29, 1.82) is 0 Å². The predicted octanol–water partition coefficient (Wildman–Crippen LogP) is -10.1. The molecule has 2 radical (unpaired) electrons. The number of aliphatic hydroxyl groups is 2. The second kappa shape index (κ2) is 24.6. The number of carbonyl (C=O) groups excluding carboxylic acids is 2. The molecule has 2 unspecified atom stereocenters. The summed E-state index contributed by atoms with van der Waals surface area (Å²) in [5, 5.41) is 35.7. The number of aliphatic carboxylic acids is 2. The van der Waals surface area contributed by atoms with Crippen LogP contribution in [0.4, 0.5) is 0 Å². The average Bonchev–Trinajstić information content (AvgIpc) is 1.84. The minimum Gasteiger partial charge on any atom is -0.547 e. The Bertz CT molecular complexity index is 143. The van der Waals surface area contributed by atoms with E-state index in [1.165, 1.54) is 0 Å². The van der Waals surface area contributed by atoms with Crippen LogP contribution in [0, 0.1) is 0 Å². The average molecular weight is 465 g/mol. The van der Waals surface area contributed by atoms with Crippen LogP contribution in [0.5, 0.6) is 0 Å². The van der Waals surface area contributed by atoms with Gasteiger partial charge >= 0.3 is 26.2 Å². The number of aliphatic hydroxyl groups excluding tert-OH is 2. The van der Waals surface area contributed by atoms with E-state index in [9.17, 15) is 19.8 Å². The number of carbonyl (C=O) groups is 2. The van der Waals surface area contributed by atoms with Crippen molar-refractivity contribution in [3.05, 3.63) is 0 Å². The largest absolute Gasteiger partial charge is 3.00 e. The Morgan fingerprint density at radius 2 is 0.824 bits per heavy atom. The van der Waals surface area contributed by atoms with Gasteiger partial charge in [-0.2, -0.15) is 0 Å². The normalized spacial score (nSPS) is 9.29. The van der Waals surface area contributed by atoms with E-state index in [0.717, 1.165) is 0 Å². The number of carboxylic acid groups (broad SMARTS) is 2. The van der Waals surface area contributed by atoms with E-state index in [1.54, 1.807) is 0 Å². The molecule has 0 aliphatic carbocycles. The maximum atomic E-state index is 9.63. The van der Waals surface area contributed by atoms with Crippen molar-refractivity contribution in [3.8, 4) is 0 Å². The van der Waals surface area contributed by atoms with Gasteiger partial charge < -0.3 is 62.9 Å². The molecule has 2 atom stereocenters. The molecule has 0 aliphatic heterocycles. The topological polar surface area (TPSA) is 310 Å². The standard InChI is InChI=1S/C4H6O6.Bi.6H2O/c5-1(3(7)8)2(6)4(9)10;;;;;;;/h1-2,5-6H,(H,7,8)(H,9,10);;6*1H2/q;+3;;;;;;/p-2. The summed E-state index contributed by atoms with van der Waals surface area (Å²) in [5.74, 6) is -4.12. The Morgan fingerprint density at radius 1 is 0.706 bits per heavy atom. The quantitative estimate of drug-likeness (QED) is 0.381. The van der Waals surface area contributed by atoms with Crippen molar-refractivity contribution in [3.63, 3.8) is 0 Å². The minimum absolute atomic E-state index is 0. The van der Waals surface area contributed by atoms with Gasteiger partial charge in [-0.15, -0.1) is 0 Å². The Labute approximate surface area is 113 Å². The molecule has 0 aromatic carbocycles. The zero-order valence-corrected chi connectivity index (χ0v) is 11.6.